The van der Waals surface area contributed by atoms with Crippen LogP contribution in [0.2, 0.25) is 0 Å². The summed E-state index contributed by atoms with van der Waals surface area (Å²) >= 11 is 3.40. The second-order valence-corrected chi connectivity index (χ2v) is 7.70. The number of nitrogens with one attached hydrogen (secondary N) is 1. The Hall–Kier alpha value is -0.450. The smallest absolute Gasteiger partial charge is 0.124 e. The van der Waals surface area contributed by atoms with Crippen LogP contribution in [0.3, 0.4) is 0 Å². The van der Waals surface area contributed by atoms with E-state index in [1.807, 2.05) is 0 Å². The van der Waals surface area contributed by atoms with Gasteiger partial charge in [-0.25, -0.2) is 4.39 Å². The Labute approximate surface area is 134 Å². The summed E-state index contributed by atoms with van der Waals surface area (Å²) in [5.74, 6) is 1.70. The van der Waals surface area contributed by atoms with Crippen molar-refractivity contribution in [2.24, 2.45) is 17.3 Å². The fourth-order valence-electron chi connectivity index (χ4n) is 4.03. The molecule has 0 saturated heterocycles. The van der Waals surface area contributed by atoms with Crippen molar-refractivity contribution in [3.05, 3.63) is 34.1 Å². The van der Waals surface area contributed by atoms with E-state index in [-0.39, 0.29) is 5.82 Å². The van der Waals surface area contributed by atoms with Gasteiger partial charge in [-0.2, -0.15) is 0 Å². The number of hydrogen-bond donors (Lipinski definition) is 1. The minimum absolute atomic E-state index is 0.148. The van der Waals surface area contributed by atoms with Gasteiger partial charge in [0.05, 0.1) is 6.61 Å². The monoisotopic (exact) mass is 355 g/mol. The fraction of sp³-hybridized carbons (Fsp3) is 0.647. The fourth-order valence-corrected chi connectivity index (χ4v) is 4.54. The maximum Gasteiger partial charge on any atom is 0.124 e. The highest BCUT2D eigenvalue weighted by Crippen LogP contribution is 2.60. The zero-order chi connectivity index (χ0) is 14.9. The minimum atomic E-state index is -0.148. The lowest BCUT2D eigenvalue weighted by Gasteiger charge is -2.32. The summed E-state index contributed by atoms with van der Waals surface area (Å²) in [6.45, 7) is 2.65. The van der Waals surface area contributed by atoms with E-state index in [2.05, 4.69) is 27.3 Å². The normalized spacial score (nSPS) is 30.4. The van der Waals surface area contributed by atoms with Gasteiger partial charge in [0.2, 0.25) is 0 Å². The van der Waals surface area contributed by atoms with Crippen molar-refractivity contribution < 1.29 is 9.13 Å². The maximum atomic E-state index is 13.6. The van der Waals surface area contributed by atoms with Crippen molar-refractivity contribution in [1.82, 2.24) is 5.32 Å². The van der Waals surface area contributed by atoms with E-state index in [0.717, 1.165) is 48.0 Å². The lowest BCUT2D eigenvalue weighted by Crippen LogP contribution is -2.36. The highest BCUT2D eigenvalue weighted by Gasteiger charge is 2.53. The minimum Gasteiger partial charge on any atom is -0.383 e. The third-order valence-corrected chi connectivity index (χ3v) is 5.40. The summed E-state index contributed by atoms with van der Waals surface area (Å²) < 4.78 is 19.5. The largest absolute Gasteiger partial charge is 0.383 e. The van der Waals surface area contributed by atoms with Gasteiger partial charge in [-0.1, -0.05) is 15.9 Å². The summed E-state index contributed by atoms with van der Waals surface area (Å²) in [5, 5.41) is 3.53. The molecular weight excluding hydrogens is 333 g/mol. The Morgan fingerprint density at radius 1 is 1.33 bits per heavy atom. The molecule has 1 N–H and O–H groups in total. The molecule has 0 spiro atoms. The second kappa shape index (κ2) is 6.35. The molecule has 2 aliphatic rings. The maximum absolute atomic E-state index is 13.6. The highest BCUT2D eigenvalue weighted by molar-refractivity contribution is 9.10. The number of rotatable bonds is 7. The van der Waals surface area contributed by atoms with Gasteiger partial charge in [0.25, 0.3) is 0 Å². The van der Waals surface area contributed by atoms with E-state index in [4.69, 9.17) is 4.74 Å². The number of benzene rings is 1. The zero-order valence-corrected chi connectivity index (χ0v) is 14.1. The Morgan fingerprint density at radius 2 is 2.10 bits per heavy atom. The van der Waals surface area contributed by atoms with E-state index in [1.165, 1.54) is 25.3 Å². The number of ether oxygens (including phenoxy) is 1. The number of fused-ring (bicyclic) bond motifs is 1. The van der Waals surface area contributed by atoms with Crippen LogP contribution in [-0.2, 0) is 11.2 Å². The molecule has 1 aromatic carbocycles. The molecule has 21 heavy (non-hydrogen) atoms. The Balaban J connectivity index is 1.67. The first kappa shape index (κ1) is 15.4. The SMILES string of the molecule is COCCNCC1(Cc2cc(F)cc(Br)c2)CC2CC2C1. The first-order valence-electron chi connectivity index (χ1n) is 7.75. The van der Waals surface area contributed by atoms with E-state index < -0.39 is 0 Å². The number of halogens is 2. The predicted molar refractivity (Wildman–Crippen MR) is 85.8 cm³/mol. The molecule has 3 rings (SSSR count). The van der Waals surface area contributed by atoms with Crippen LogP contribution in [0.4, 0.5) is 4.39 Å². The first-order chi connectivity index (χ1) is 10.1. The van der Waals surface area contributed by atoms with Crippen LogP contribution in [-0.4, -0.2) is 26.8 Å². The molecule has 2 aliphatic carbocycles. The van der Waals surface area contributed by atoms with Crippen LogP contribution < -0.4 is 5.32 Å². The average molecular weight is 356 g/mol. The number of hydrogen-bond acceptors (Lipinski definition) is 2. The van der Waals surface area contributed by atoms with E-state index in [0.29, 0.717) is 5.41 Å². The van der Waals surface area contributed by atoms with Crippen molar-refractivity contribution in [2.45, 2.75) is 25.7 Å². The quantitative estimate of drug-likeness (QED) is 0.751. The average Bonchev–Trinajstić information content (AvgIpc) is 3.02. The van der Waals surface area contributed by atoms with Crippen molar-refractivity contribution >= 4 is 15.9 Å². The molecule has 2 unspecified atom stereocenters. The molecule has 2 saturated carbocycles. The molecule has 0 amide bonds. The summed E-state index contributed by atoms with van der Waals surface area (Å²) in [6, 6.07) is 5.27. The second-order valence-electron chi connectivity index (χ2n) is 6.79. The standard InChI is InChI=1S/C17H23BrFNO/c1-21-3-2-20-11-17(9-13-6-14(13)10-17)8-12-4-15(18)7-16(19)5-12/h4-5,7,13-14,20H,2-3,6,8-11H2,1H3. The lowest BCUT2D eigenvalue weighted by molar-refractivity contribution is 0.186. The summed E-state index contributed by atoms with van der Waals surface area (Å²) in [7, 11) is 1.73. The Kier molecular flexibility index (Phi) is 4.67. The van der Waals surface area contributed by atoms with E-state index in [9.17, 15) is 4.39 Å². The molecule has 2 fully saturated rings. The Bertz CT molecular complexity index is 477. The summed E-state index contributed by atoms with van der Waals surface area (Å²) in [6.07, 6.45) is 4.95. The third-order valence-electron chi connectivity index (χ3n) is 4.94. The lowest BCUT2D eigenvalue weighted by atomic mass is 9.77. The van der Waals surface area contributed by atoms with Gasteiger partial charge < -0.3 is 10.1 Å². The van der Waals surface area contributed by atoms with Crippen molar-refractivity contribution in [3.63, 3.8) is 0 Å². The number of methoxy groups -OCH3 is 1. The van der Waals surface area contributed by atoms with Gasteiger partial charge in [-0.05, 0) is 66.7 Å². The van der Waals surface area contributed by atoms with Crippen molar-refractivity contribution in [2.75, 3.05) is 26.8 Å². The molecule has 1 aromatic rings. The van der Waals surface area contributed by atoms with Crippen molar-refractivity contribution in [3.8, 4) is 0 Å². The summed E-state index contributed by atoms with van der Waals surface area (Å²) in [5.41, 5.74) is 1.41. The molecule has 0 radical (unpaired) electrons. The van der Waals surface area contributed by atoms with Gasteiger partial charge in [0.1, 0.15) is 5.82 Å². The van der Waals surface area contributed by atoms with Gasteiger partial charge in [-0.15, -0.1) is 0 Å². The molecule has 0 bridgehead atoms. The molecular formula is C17H23BrFNO. The van der Waals surface area contributed by atoms with Crippen molar-refractivity contribution in [1.29, 1.82) is 0 Å². The van der Waals surface area contributed by atoms with Crippen LogP contribution >= 0.6 is 15.9 Å². The molecule has 0 heterocycles. The van der Waals surface area contributed by atoms with Crippen LogP contribution in [0.25, 0.3) is 0 Å². The molecule has 4 heteroatoms. The topological polar surface area (TPSA) is 21.3 Å². The molecule has 0 aliphatic heterocycles. The molecule has 2 atom stereocenters. The van der Waals surface area contributed by atoms with Crippen LogP contribution in [0.1, 0.15) is 24.8 Å². The predicted octanol–water partition coefficient (Wildman–Crippen LogP) is 3.78. The van der Waals surface area contributed by atoms with Crippen LogP contribution in [0.5, 0.6) is 0 Å². The third kappa shape index (κ3) is 3.85. The van der Waals surface area contributed by atoms with Gasteiger partial charge >= 0.3 is 0 Å². The van der Waals surface area contributed by atoms with E-state index in [1.54, 1.807) is 13.2 Å². The molecule has 116 valence electrons. The molecule has 2 nitrogen and oxygen atoms in total. The highest BCUT2D eigenvalue weighted by atomic mass is 79.9. The van der Waals surface area contributed by atoms with Crippen LogP contribution in [0, 0.1) is 23.1 Å². The zero-order valence-electron chi connectivity index (χ0n) is 12.5. The van der Waals surface area contributed by atoms with Gasteiger partial charge in [0.15, 0.2) is 0 Å². The molecule has 0 aromatic heterocycles. The van der Waals surface area contributed by atoms with Gasteiger partial charge in [-0.3, -0.25) is 0 Å². The van der Waals surface area contributed by atoms with Crippen LogP contribution in [0.15, 0.2) is 22.7 Å². The Morgan fingerprint density at radius 3 is 2.76 bits per heavy atom. The van der Waals surface area contributed by atoms with Gasteiger partial charge in [0, 0.05) is 24.7 Å². The summed E-state index contributed by atoms with van der Waals surface area (Å²) in [4.78, 5) is 0. The van der Waals surface area contributed by atoms with E-state index >= 15 is 0 Å². The first-order valence-corrected chi connectivity index (χ1v) is 8.54.